The van der Waals surface area contributed by atoms with Crippen LogP contribution in [-0.2, 0) is 18.3 Å². The predicted molar refractivity (Wildman–Crippen MR) is 82.4 cm³/mol. The van der Waals surface area contributed by atoms with Crippen molar-refractivity contribution in [1.29, 1.82) is 0 Å². The molecule has 0 aromatic carbocycles. The van der Waals surface area contributed by atoms with Gasteiger partial charge in [-0.2, -0.15) is 5.10 Å². The highest BCUT2D eigenvalue weighted by atomic mass is 16.5. The smallest absolute Gasteiger partial charge is 0.128 e. The Bertz CT molecular complexity index is 647. The summed E-state index contributed by atoms with van der Waals surface area (Å²) >= 11 is 0. The number of nitrogens with one attached hydrogen (secondary N) is 1. The van der Waals surface area contributed by atoms with Gasteiger partial charge in [-0.25, -0.2) is 0 Å². The molecule has 0 saturated carbocycles. The van der Waals surface area contributed by atoms with E-state index in [1.165, 1.54) is 11.3 Å². The number of nitrogens with zero attached hydrogens (tertiary/aromatic N) is 3. The number of ether oxygens (including phenoxy) is 1. The fourth-order valence-corrected chi connectivity index (χ4v) is 3.24. The molecule has 1 fully saturated rings. The van der Waals surface area contributed by atoms with Crippen molar-refractivity contribution in [2.24, 2.45) is 13.0 Å². The van der Waals surface area contributed by atoms with Crippen molar-refractivity contribution < 1.29 is 9.26 Å². The second kappa shape index (κ2) is 6.22. The van der Waals surface area contributed by atoms with E-state index in [1.54, 1.807) is 6.26 Å². The molecule has 6 heteroatoms. The average molecular weight is 304 g/mol. The Balaban J connectivity index is 1.65. The second-order valence-electron chi connectivity index (χ2n) is 6.10. The average Bonchev–Trinajstić information content (AvgIpc) is 3.14. The van der Waals surface area contributed by atoms with Crippen molar-refractivity contribution in [3.63, 3.8) is 0 Å². The Labute approximate surface area is 130 Å². The van der Waals surface area contributed by atoms with Gasteiger partial charge in [0.1, 0.15) is 6.26 Å². The zero-order valence-corrected chi connectivity index (χ0v) is 13.7. The quantitative estimate of drug-likeness (QED) is 0.917. The third-order valence-corrected chi connectivity index (χ3v) is 4.64. The molecular weight excluding hydrogens is 280 g/mol. The lowest BCUT2D eigenvalue weighted by Gasteiger charge is -2.19. The molecule has 3 heterocycles. The largest absolute Gasteiger partial charge is 0.373 e. The normalized spacial score (nSPS) is 21.6. The molecule has 0 bridgehead atoms. The van der Waals surface area contributed by atoms with Crippen molar-refractivity contribution in [1.82, 2.24) is 20.3 Å². The predicted octanol–water partition coefficient (Wildman–Crippen LogP) is 2.20. The van der Waals surface area contributed by atoms with Gasteiger partial charge >= 0.3 is 0 Å². The van der Waals surface area contributed by atoms with Crippen LogP contribution in [0.4, 0.5) is 0 Å². The monoisotopic (exact) mass is 304 g/mol. The summed E-state index contributed by atoms with van der Waals surface area (Å²) in [5, 5.41) is 11.9. The molecule has 0 unspecified atom stereocenters. The molecule has 22 heavy (non-hydrogen) atoms. The molecule has 1 aliphatic rings. The first-order valence-electron chi connectivity index (χ1n) is 7.80. The first kappa shape index (κ1) is 15.2. The summed E-state index contributed by atoms with van der Waals surface area (Å²) in [6.45, 7) is 8.66. The van der Waals surface area contributed by atoms with Crippen LogP contribution in [0, 0.1) is 26.7 Å². The van der Waals surface area contributed by atoms with Crippen molar-refractivity contribution in [2.45, 2.75) is 39.8 Å². The van der Waals surface area contributed by atoms with Crippen LogP contribution in [0.5, 0.6) is 0 Å². The van der Waals surface area contributed by atoms with E-state index < -0.39 is 0 Å². The van der Waals surface area contributed by atoms with Gasteiger partial charge in [0.05, 0.1) is 17.5 Å². The number of aryl methyl sites for hydroxylation is 3. The maximum absolute atomic E-state index is 6.01. The number of aromatic nitrogens is 3. The molecule has 120 valence electrons. The highest BCUT2D eigenvalue weighted by molar-refractivity contribution is 5.28. The van der Waals surface area contributed by atoms with Crippen molar-refractivity contribution in [3.8, 4) is 0 Å². The third kappa shape index (κ3) is 2.80. The molecule has 0 spiro atoms. The molecule has 3 rings (SSSR count). The Kier molecular flexibility index (Phi) is 4.31. The minimum atomic E-state index is 0.143. The van der Waals surface area contributed by atoms with E-state index in [-0.39, 0.29) is 6.10 Å². The van der Waals surface area contributed by atoms with E-state index in [0.29, 0.717) is 5.92 Å². The summed E-state index contributed by atoms with van der Waals surface area (Å²) in [5.41, 5.74) is 5.60. The Morgan fingerprint density at radius 3 is 2.77 bits per heavy atom. The summed E-state index contributed by atoms with van der Waals surface area (Å²) in [6.07, 6.45) is 2.93. The number of hydrogen-bond acceptors (Lipinski definition) is 5. The number of rotatable bonds is 5. The summed E-state index contributed by atoms with van der Waals surface area (Å²) in [7, 11) is 1.99. The van der Waals surface area contributed by atoms with Crippen LogP contribution < -0.4 is 5.32 Å². The summed E-state index contributed by atoms with van der Waals surface area (Å²) < 4.78 is 12.9. The van der Waals surface area contributed by atoms with Gasteiger partial charge in [0.25, 0.3) is 0 Å². The van der Waals surface area contributed by atoms with Crippen molar-refractivity contribution in [2.75, 3.05) is 13.2 Å². The third-order valence-electron chi connectivity index (χ3n) is 4.64. The lowest BCUT2D eigenvalue weighted by molar-refractivity contribution is 0.0893. The highest BCUT2D eigenvalue weighted by Gasteiger charge is 2.33. The van der Waals surface area contributed by atoms with Gasteiger partial charge in [-0.3, -0.25) is 4.68 Å². The summed E-state index contributed by atoms with van der Waals surface area (Å²) in [6, 6.07) is 0. The lowest BCUT2D eigenvalue weighted by atomic mass is 9.94. The van der Waals surface area contributed by atoms with Crippen LogP contribution in [0.1, 0.15) is 40.7 Å². The zero-order valence-electron chi connectivity index (χ0n) is 13.7. The van der Waals surface area contributed by atoms with Crippen LogP contribution in [0.2, 0.25) is 0 Å². The fourth-order valence-electron chi connectivity index (χ4n) is 3.24. The molecule has 0 radical (unpaired) electrons. The standard InChI is InChI=1S/C16H24N4O2/c1-10-14(9-22-19-10)8-17-7-13-5-6-21-16(13)15-11(2)18-20(4)12(15)3/h9,13,16-17H,5-8H2,1-4H3/t13-,16+/m1/s1. The van der Waals surface area contributed by atoms with E-state index in [0.717, 1.165) is 43.1 Å². The minimum absolute atomic E-state index is 0.143. The van der Waals surface area contributed by atoms with E-state index in [9.17, 15) is 0 Å². The van der Waals surface area contributed by atoms with E-state index in [4.69, 9.17) is 9.26 Å². The van der Waals surface area contributed by atoms with Gasteiger partial charge in [0.2, 0.25) is 0 Å². The first-order valence-corrected chi connectivity index (χ1v) is 7.80. The van der Waals surface area contributed by atoms with Crippen LogP contribution in [0.15, 0.2) is 10.8 Å². The van der Waals surface area contributed by atoms with E-state index in [1.807, 2.05) is 18.7 Å². The van der Waals surface area contributed by atoms with Crippen LogP contribution >= 0.6 is 0 Å². The van der Waals surface area contributed by atoms with Crippen LogP contribution in [0.3, 0.4) is 0 Å². The van der Waals surface area contributed by atoms with Gasteiger partial charge in [-0.05, 0) is 27.2 Å². The van der Waals surface area contributed by atoms with Gasteiger partial charge < -0.3 is 14.6 Å². The molecule has 0 amide bonds. The van der Waals surface area contributed by atoms with E-state index >= 15 is 0 Å². The molecule has 2 atom stereocenters. The van der Waals surface area contributed by atoms with E-state index in [2.05, 4.69) is 29.4 Å². The fraction of sp³-hybridized carbons (Fsp3) is 0.625. The maximum Gasteiger partial charge on any atom is 0.128 e. The zero-order chi connectivity index (χ0) is 15.7. The Morgan fingerprint density at radius 2 is 2.14 bits per heavy atom. The molecule has 6 nitrogen and oxygen atoms in total. The molecule has 1 N–H and O–H groups in total. The Morgan fingerprint density at radius 1 is 1.32 bits per heavy atom. The molecule has 2 aromatic heterocycles. The molecule has 1 saturated heterocycles. The summed E-state index contributed by atoms with van der Waals surface area (Å²) in [5.74, 6) is 0.474. The van der Waals surface area contributed by atoms with Gasteiger partial charge in [0.15, 0.2) is 0 Å². The molecule has 2 aromatic rings. The SMILES string of the molecule is Cc1nocc1CNC[C@H]1CCO[C@@H]1c1c(C)nn(C)c1C. The van der Waals surface area contributed by atoms with Crippen LogP contribution in [-0.4, -0.2) is 28.1 Å². The van der Waals surface area contributed by atoms with Gasteiger partial charge in [0, 0.05) is 49.5 Å². The second-order valence-corrected chi connectivity index (χ2v) is 6.10. The molecule has 1 aliphatic heterocycles. The maximum atomic E-state index is 6.01. The highest BCUT2D eigenvalue weighted by Crippen LogP contribution is 2.37. The van der Waals surface area contributed by atoms with Crippen LogP contribution in [0.25, 0.3) is 0 Å². The Hall–Kier alpha value is -1.66. The van der Waals surface area contributed by atoms with Gasteiger partial charge in [-0.15, -0.1) is 0 Å². The molecule has 0 aliphatic carbocycles. The number of hydrogen-bond donors (Lipinski definition) is 1. The lowest BCUT2D eigenvalue weighted by Crippen LogP contribution is -2.25. The van der Waals surface area contributed by atoms with Gasteiger partial charge in [-0.1, -0.05) is 5.16 Å². The summed E-state index contributed by atoms with van der Waals surface area (Å²) in [4.78, 5) is 0. The minimum Gasteiger partial charge on any atom is -0.373 e. The van der Waals surface area contributed by atoms with Crippen molar-refractivity contribution in [3.05, 3.63) is 34.5 Å². The van der Waals surface area contributed by atoms with Crippen molar-refractivity contribution >= 4 is 0 Å². The topological polar surface area (TPSA) is 65.1 Å². The molecular formula is C16H24N4O2. The first-order chi connectivity index (χ1) is 10.6.